The van der Waals surface area contributed by atoms with Crippen LogP contribution in [0.2, 0.25) is 0 Å². The van der Waals surface area contributed by atoms with Gasteiger partial charge in [0.1, 0.15) is 5.69 Å². The normalized spacial score (nSPS) is 18.7. The van der Waals surface area contributed by atoms with Gasteiger partial charge >= 0.3 is 0 Å². The number of aromatic nitrogens is 2. The number of hydrogen-bond acceptors (Lipinski definition) is 7. The van der Waals surface area contributed by atoms with E-state index < -0.39 is 12.1 Å². The van der Waals surface area contributed by atoms with Crippen molar-refractivity contribution in [3.8, 4) is 11.3 Å². The molecule has 0 bridgehead atoms. The Hall–Kier alpha value is -2.65. The Morgan fingerprint density at radius 3 is 2.81 bits per heavy atom. The lowest BCUT2D eigenvalue weighted by Gasteiger charge is -2.28. The summed E-state index contributed by atoms with van der Waals surface area (Å²) in [5, 5.41) is 18.1. The minimum Gasteiger partial charge on any atom is -0.391 e. The molecule has 4 heterocycles. The van der Waals surface area contributed by atoms with E-state index in [-0.39, 0.29) is 5.91 Å². The van der Waals surface area contributed by atoms with E-state index in [9.17, 15) is 9.90 Å². The summed E-state index contributed by atoms with van der Waals surface area (Å²) in [4.78, 5) is 22.0. The number of aliphatic hydroxyl groups is 1. The first-order valence-corrected chi connectivity index (χ1v) is 12.3. The van der Waals surface area contributed by atoms with Gasteiger partial charge in [-0.25, -0.2) is 9.97 Å². The van der Waals surface area contributed by atoms with Crippen LogP contribution in [0.4, 0.5) is 0 Å². The monoisotopic (exact) mass is 465 g/mol. The van der Waals surface area contributed by atoms with E-state index in [4.69, 9.17) is 4.74 Å². The number of fused-ring (bicyclic) bond motifs is 1. The summed E-state index contributed by atoms with van der Waals surface area (Å²) in [7, 11) is 0. The Balaban J connectivity index is 1.39. The summed E-state index contributed by atoms with van der Waals surface area (Å²) >= 11 is 3.28. The Morgan fingerprint density at radius 1 is 1.22 bits per heavy atom. The molecule has 5 rings (SSSR count). The number of nitrogens with one attached hydrogen (secondary N) is 1. The smallest absolute Gasteiger partial charge is 0.270 e. The van der Waals surface area contributed by atoms with Gasteiger partial charge in [-0.15, -0.1) is 22.7 Å². The van der Waals surface area contributed by atoms with Gasteiger partial charge in [0.2, 0.25) is 0 Å². The van der Waals surface area contributed by atoms with E-state index in [1.807, 2.05) is 24.4 Å². The van der Waals surface area contributed by atoms with Crippen molar-refractivity contribution in [1.29, 1.82) is 0 Å². The number of carbonyl (C=O) groups is 1. The average Bonchev–Trinajstić information content (AvgIpc) is 3.45. The van der Waals surface area contributed by atoms with Gasteiger partial charge < -0.3 is 15.2 Å². The molecule has 32 heavy (non-hydrogen) atoms. The summed E-state index contributed by atoms with van der Waals surface area (Å²) in [6, 6.07) is 11.8. The van der Waals surface area contributed by atoms with Crippen molar-refractivity contribution >= 4 is 38.8 Å². The lowest BCUT2D eigenvalue weighted by Crippen LogP contribution is -2.49. The number of hydrogen-bond donors (Lipinski definition) is 2. The zero-order chi connectivity index (χ0) is 22.1. The SMILES string of the molecule is Cc1nc(-c2ccc(Cc3cc(C(=O)N[C@H]4COCC[C@@H]4O)nc4ccsc34)cc2)cs1. The van der Waals surface area contributed by atoms with Crippen LogP contribution in [0.5, 0.6) is 0 Å². The number of amides is 1. The molecule has 4 aromatic rings. The van der Waals surface area contributed by atoms with E-state index in [0.717, 1.165) is 37.6 Å². The molecule has 1 aliphatic heterocycles. The molecule has 0 unspecified atom stereocenters. The summed E-state index contributed by atoms with van der Waals surface area (Å²) in [6.45, 7) is 2.83. The Bertz CT molecular complexity index is 1250. The van der Waals surface area contributed by atoms with Gasteiger partial charge in [0.25, 0.3) is 5.91 Å². The molecule has 8 heteroatoms. The molecule has 0 spiro atoms. The molecule has 164 valence electrons. The van der Waals surface area contributed by atoms with Crippen molar-refractivity contribution < 1.29 is 14.6 Å². The lowest BCUT2D eigenvalue weighted by atomic mass is 10.0. The molecular weight excluding hydrogens is 442 g/mol. The number of ether oxygens (including phenoxy) is 1. The number of benzene rings is 1. The maximum absolute atomic E-state index is 12.9. The van der Waals surface area contributed by atoms with E-state index in [0.29, 0.717) is 31.7 Å². The number of nitrogens with zero attached hydrogens (tertiary/aromatic N) is 2. The van der Waals surface area contributed by atoms with Gasteiger partial charge in [-0.2, -0.15) is 0 Å². The number of pyridine rings is 1. The topological polar surface area (TPSA) is 84.3 Å². The predicted molar refractivity (Wildman–Crippen MR) is 127 cm³/mol. The van der Waals surface area contributed by atoms with Crippen LogP contribution < -0.4 is 5.32 Å². The maximum atomic E-state index is 12.9. The van der Waals surface area contributed by atoms with Gasteiger partial charge in [-0.3, -0.25) is 4.79 Å². The van der Waals surface area contributed by atoms with Crippen molar-refractivity contribution in [2.24, 2.45) is 0 Å². The molecule has 2 N–H and O–H groups in total. The Morgan fingerprint density at radius 2 is 2.06 bits per heavy atom. The van der Waals surface area contributed by atoms with Crippen LogP contribution in [0.25, 0.3) is 21.5 Å². The largest absolute Gasteiger partial charge is 0.391 e. The van der Waals surface area contributed by atoms with Crippen LogP contribution in [0.15, 0.2) is 47.2 Å². The van der Waals surface area contributed by atoms with Crippen molar-refractivity contribution in [2.45, 2.75) is 31.9 Å². The second-order valence-corrected chi connectivity index (χ2v) is 9.92. The molecule has 0 radical (unpaired) electrons. The zero-order valence-corrected chi connectivity index (χ0v) is 19.2. The fourth-order valence-electron chi connectivity index (χ4n) is 3.89. The maximum Gasteiger partial charge on any atom is 0.270 e. The molecule has 0 aliphatic carbocycles. The van der Waals surface area contributed by atoms with Crippen LogP contribution >= 0.6 is 22.7 Å². The standard InChI is InChI=1S/C24H23N3O3S2/c1-14-25-21(13-32-14)16-4-2-15(3-5-16)10-17-11-19(26-18-7-9-31-23(17)18)24(29)27-20-12-30-8-6-22(20)28/h2-5,7,9,11,13,20,22,28H,6,8,10,12H2,1H3,(H,27,29)/t20-,22-/m0/s1. The van der Waals surface area contributed by atoms with Crippen LogP contribution in [0.3, 0.4) is 0 Å². The minimum atomic E-state index is -0.600. The van der Waals surface area contributed by atoms with E-state index in [1.54, 1.807) is 22.7 Å². The summed E-state index contributed by atoms with van der Waals surface area (Å²) < 4.78 is 6.48. The number of carbonyl (C=O) groups excluding carboxylic acids is 1. The van der Waals surface area contributed by atoms with Gasteiger partial charge in [0.15, 0.2) is 0 Å². The summed E-state index contributed by atoms with van der Waals surface area (Å²) in [5.41, 5.74) is 5.49. The Kier molecular flexibility index (Phi) is 6.01. The fraction of sp³-hybridized carbons (Fsp3) is 0.292. The molecule has 1 saturated heterocycles. The summed E-state index contributed by atoms with van der Waals surface area (Å²) in [6.07, 6.45) is 0.617. The number of rotatable bonds is 5. The van der Waals surface area contributed by atoms with Crippen molar-refractivity contribution in [3.63, 3.8) is 0 Å². The number of thiazole rings is 1. The molecule has 1 fully saturated rings. The van der Waals surface area contributed by atoms with Gasteiger partial charge in [-0.05, 0) is 48.4 Å². The highest BCUT2D eigenvalue weighted by Crippen LogP contribution is 2.28. The second kappa shape index (κ2) is 9.07. The third-order valence-corrected chi connectivity index (χ3v) is 7.37. The average molecular weight is 466 g/mol. The number of aliphatic hydroxyl groups excluding tert-OH is 1. The molecule has 1 amide bonds. The van der Waals surface area contributed by atoms with Gasteiger partial charge in [0, 0.05) is 17.6 Å². The van der Waals surface area contributed by atoms with E-state index in [1.165, 1.54) is 0 Å². The first-order chi connectivity index (χ1) is 15.6. The van der Waals surface area contributed by atoms with E-state index in [2.05, 4.69) is 44.9 Å². The first-order valence-electron chi connectivity index (χ1n) is 10.5. The molecule has 1 aromatic carbocycles. The van der Waals surface area contributed by atoms with Crippen LogP contribution in [-0.4, -0.2) is 46.3 Å². The number of thiophene rings is 1. The van der Waals surface area contributed by atoms with Crippen LogP contribution in [0.1, 0.15) is 33.0 Å². The van der Waals surface area contributed by atoms with Crippen LogP contribution in [0, 0.1) is 6.92 Å². The molecule has 2 atom stereocenters. The third-order valence-electron chi connectivity index (χ3n) is 5.62. The highest BCUT2D eigenvalue weighted by Gasteiger charge is 2.26. The van der Waals surface area contributed by atoms with Crippen molar-refractivity contribution in [3.05, 3.63) is 69.0 Å². The molecular formula is C24H23N3O3S2. The second-order valence-electron chi connectivity index (χ2n) is 7.94. The fourth-order valence-corrected chi connectivity index (χ4v) is 5.36. The van der Waals surface area contributed by atoms with Crippen molar-refractivity contribution in [1.82, 2.24) is 15.3 Å². The molecule has 6 nitrogen and oxygen atoms in total. The van der Waals surface area contributed by atoms with Crippen LogP contribution in [-0.2, 0) is 11.2 Å². The Labute approximate surface area is 193 Å². The summed E-state index contributed by atoms with van der Waals surface area (Å²) in [5.74, 6) is -0.289. The minimum absolute atomic E-state index is 0.289. The highest BCUT2D eigenvalue weighted by molar-refractivity contribution is 7.17. The number of aryl methyl sites for hydroxylation is 1. The van der Waals surface area contributed by atoms with Gasteiger partial charge in [0.05, 0.1) is 39.7 Å². The predicted octanol–water partition coefficient (Wildman–Crippen LogP) is 4.20. The molecule has 1 aliphatic rings. The molecule has 0 saturated carbocycles. The van der Waals surface area contributed by atoms with E-state index >= 15 is 0 Å². The van der Waals surface area contributed by atoms with Crippen molar-refractivity contribution in [2.75, 3.05) is 13.2 Å². The molecule has 3 aromatic heterocycles. The van der Waals surface area contributed by atoms with Gasteiger partial charge in [-0.1, -0.05) is 24.3 Å². The zero-order valence-electron chi connectivity index (χ0n) is 17.6. The highest BCUT2D eigenvalue weighted by atomic mass is 32.1. The lowest BCUT2D eigenvalue weighted by molar-refractivity contribution is -0.0140. The third kappa shape index (κ3) is 4.45. The first kappa shape index (κ1) is 21.2. The quantitative estimate of drug-likeness (QED) is 0.462.